The molecular weight excluding hydrogens is 166 g/mol. The number of carboxylic acid groups (broad SMARTS) is 1. The van der Waals surface area contributed by atoms with Crippen LogP contribution in [-0.4, -0.2) is 33.8 Å². The number of aliphatic hydroxyl groups excluding tert-OH is 1. The number of halogens is 2. The molecular formula is C4H6F2O3S. The van der Waals surface area contributed by atoms with Gasteiger partial charge >= 0.3 is 11.2 Å². The van der Waals surface area contributed by atoms with Crippen LogP contribution in [0.3, 0.4) is 0 Å². The molecule has 0 saturated carbocycles. The van der Waals surface area contributed by atoms with Crippen LogP contribution in [0.2, 0.25) is 0 Å². The van der Waals surface area contributed by atoms with E-state index < -0.39 is 17.8 Å². The molecule has 0 aromatic heterocycles. The molecule has 3 nitrogen and oxygen atoms in total. The minimum absolute atomic E-state index is 0.0961. The molecule has 0 aromatic carbocycles. The van der Waals surface area contributed by atoms with Crippen LogP contribution in [0, 0.1) is 0 Å². The van der Waals surface area contributed by atoms with Crippen LogP contribution >= 0.6 is 11.8 Å². The molecule has 0 spiro atoms. The summed E-state index contributed by atoms with van der Waals surface area (Å²) in [5.74, 6) is -2.45. The van der Waals surface area contributed by atoms with Crippen molar-refractivity contribution in [2.75, 3.05) is 12.4 Å². The van der Waals surface area contributed by atoms with Gasteiger partial charge in [-0.1, -0.05) is 11.8 Å². The first-order valence-electron chi connectivity index (χ1n) is 2.36. The van der Waals surface area contributed by atoms with E-state index in [1.807, 2.05) is 0 Å². The van der Waals surface area contributed by atoms with E-state index in [1.165, 1.54) is 0 Å². The van der Waals surface area contributed by atoms with Gasteiger partial charge in [0.2, 0.25) is 0 Å². The average Bonchev–Trinajstić information content (AvgIpc) is 1.84. The largest absolute Gasteiger partial charge is 0.476 e. The molecule has 10 heavy (non-hydrogen) atoms. The van der Waals surface area contributed by atoms with Crippen molar-refractivity contribution in [1.82, 2.24) is 0 Å². The van der Waals surface area contributed by atoms with Crippen molar-refractivity contribution in [3.05, 3.63) is 0 Å². The third-order valence-corrected chi connectivity index (χ3v) is 1.55. The summed E-state index contributed by atoms with van der Waals surface area (Å²) in [5, 5.41) is 12.1. The lowest BCUT2D eigenvalue weighted by Crippen LogP contribution is -2.24. The zero-order chi connectivity index (χ0) is 8.20. The molecule has 0 aliphatic carbocycles. The SMILES string of the molecule is O=C(O)C(F)(F)SCCO. The topological polar surface area (TPSA) is 57.5 Å². The van der Waals surface area contributed by atoms with Gasteiger partial charge in [-0.05, 0) is 0 Å². The van der Waals surface area contributed by atoms with Gasteiger partial charge in [-0.2, -0.15) is 8.78 Å². The van der Waals surface area contributed by atoms with Crippen LogP contribution < -0.4 is 0 Å². The normalized spacial score (nSPS) is 11.5. The van der Waals surface area contributed by atoms with Crippen molar-refractivity contribution < 1.29 is 23.8 Å². The van der Waals surface area contributed by atoms with E-state index >= 15 is 0 Å². The maximum atomic E-state index is 12.0. The Kier molecular flexibility index (Phi) is 3.59. The summed E-state index contributed by atoms with van der Waals surface area (Å²) >= 11 is -0.0961. The molecule has 0 aliphatic rings. The minimum atomic E-state index is -3.78. The standard InChI is InChI=1S/C4H6F2O3S/c5-4(6,3(8)9)10-2-1-7/h7H,1-2H2,(H,8,9). The first-order chi connectivity index (χ1) is 4.50. The minimum Gasteiger partial charge on any atom is -0.476 e. The van der Waals surface area contributed by atoms with Crippen LogP contribution in [-0.2, 0) is 4.79 Å². The molecule has 60 valence electrons. The van der Waals surface area contributed by atoms with Gasteiger partial charge in [0.1, 0.15) is 0 Å². The summed E-state index contributed by atoms with van der Waals surface area (Å²) in [5.41, 5.74) is 0. The number of alkyl halides is 2. The number of hydrogen-bond acceptors (Lipinski definition) is 3. The molecule has 0 atom stereocenters. The average molecular weight is 172 g/mol. The zero-order valence-electron chi connectivity index (χ0n) is 4.88. The van der Waals surface area contributed by atoms with Crippen LogP contribution in [0.5, 0.6) is 0 Å². The van der Waals surface area contributed by atoms with Crippen molar-refractivity contribution in [1.29, 1.82) is 0 Å². The van der Waals surface area contributed by atoms with Gasteiger partial charge in [0.25, 0.3) is 0 Å². The second-order valence-corrected chi connectivity index (χ2v) is 2.60. The number of rotatable bonds is 4. The van der Waals surface area contributed by atoms with Gasteiger partial charge < -0.3 is 10.2 Å². The highest BCUT2D eigenvalue weighted by Crippen LogP contribution is 2.28. The molecule has 0 saturated heterocycles. The first kappa shape index (κ1) is 9.64. The maximum Gasteiger partial charge on any atom is 0.388 e. The Morgan fingerprint density at radius 3 is 2.40 bits per heavy atom. The highest BCUT2D eigenvalue weighted by Gasteiger charge is 2.38. The van der Waals surface area contributed by atoms with E-state index in [-0.39, 0.29) is 17.5 Å². The molecule has 0 aliphatic heterocycles. The van der Waals surface area contributed by atoms with E-state index in [1.54, 1.807) is 0 Å². The quantitative estimate of drug-likeness (QED) is 0.644. The van der Waals surface area contributed by atoms with Crippen molar-refractivity contribution in [2.45, 2.75) is 5.25 Å². The molecule has 0 radical (unpaired) electrons. The number of carboxylic acids is 1. The molecule has 2 N–H and O–H groups in total. The monoisotopic (exact) mass is 172 g/mol. The summed E-state index contributed by atoms with van der Waals surface area (Å²) < 4.78 is 24.0. The summed E-state index contributed by atoms with van der Waals surface area (Å²) in [6.45, 7) is -0.451. The third-order valence-electron chi connectivity index (χ3n) is 0.624. The van der Waals surface area contributed by atoms with Crippen molar-refractivity contribution in [3.63, 3.8) is 0 Å². The Hall–Kier alpha value is -0.360. The lowest BCUT2D eigenvalue weighted by molar-refractivity contribution is -0.152. The molecule has 0 fully saturated rings. The molecule has 0 rings (SSSR count). The lowest BCUT2D eigenvalue weighted by atomic mass is 10.7. The van der Waals surface area contributed by atoms with E-state index in [0.29, 0.717) is 0 Å². The van der Waals surface area contributed by atoms with Gasteiger partial charge in [0.05, 0.1) is 6.61 Å². The summed E-state index contributed by atoms with van der Waals surface area (Å²) in [7, 11) is 0. The highest BCUT2D eigenvalue weighted by atomic mass is 32.2. The molecule has 6 heteroatoms. The smallest absolute Gasteiger partial charge is 0.388 e. The van der Waals surface area contributed by atoms with Gasteiger partial charge in [0.15, 0.2) is 0 Å². The second-order valence-electron chi connectivity index (χ2n) is 1.39. The van der Waals surface area contributed by atoms with Crippen LogP contribution in [0.25, 0.3) is 0 Å². The highest BCUT2D eigenvalue weighted by molar-refractivity contribution is 8.01. The van der Waals surface area contributed by atoms with Gasteiger partial charge in [0, 0.05) is 5.75 Å². The maximum absolute atomic E-state index is 12.0. The fourth-order valence-corrected chi connectivity index (χ4v) is 0.707. The molecule has 0 bridgehead atoms. The van der Waals surface area contributed by atoms with Gasteiger partial charge in [-0.25, -0.2) is 4.79 Å². The van der Waals surface area contributed by atoms with E-state index in [9.17, 15) is 13.6 Å². The number of aliphatic carboxylic acids is 1. The Bertz CT molecular complexity index is 128. The Labute approximate surface area is 60.0 Å². The predicted molar refractivity (Wildman–Crippen MR) is 32.1 cm³/mol. The number of thioether (sulfide) groups is 1. The van der Waals surface area contributed by atoms with Crippen molar-refractivity contribution >= 4 is 17.7 Å². The number of hydrogen-bond donors (Lipinski definition) is 2. The van der Waals surface area contributed by atoms with Crippen LogP contribution in [0.15, 0.2) is 0 Å². The Balaban J connectivity index is 3.75. The predicted octanol–water partition coefficient (Wildman–Crippen LogP) is 0.389. The lowest BCUT2D eigenvalue weighted by Gasteiger charge is -2.07. The van der Waals surface area contributed by atoms with E-state index in [0.717, 1.165) is 0 Å². The Morgan fingerprint density at radius 2 is 2.10 bits per heavy atom. The summed E-state index contributed by atoms with van der Waals surface area (Å²) in [6.07, 6.45) is 0. The van der Waals surface area contributed by atoms with Crippen molar-refractivity contribution in [3.8, 4) is 0 Å². The summed E-state index contributed by atoms with van der Waals surface area (Å²) in [4.78, 5) is 9.67. The second kappa shape index (κ2) is 3.72. The van der Waals surface area contributed by atoms with Gasteiger partial charge in [-0.3, -0.25) is 0 Å². The Morgan fingerprint density at radius 1 is 1.60 bits per heavy atom. The van der Waals surface area contributed by atoms with Crippen molar-refractivity contribution in [2.24, 2.45) is 0 Å². The number of aliphatic hydroxyl groups is 1. The summed E-state index contributed by atoms with van der Waals surface area (Å²) in [6, 6.07) is 0. The third kappa shape index (κ3) is 2.98. The number of carbonyl (C=O) groups is 1. The van der Waals surface area contributed by atoms with Gasteiger partial charge in [-0.15, -0.1) is 0 Å². The molecule has 0 heterocycles. The molecule has 0 amide bonds. The fraction of sp³-hybridized carbons (Fsp3) is 0.750. The van der Waals surface area contributed by atoms with Crippen LogP contribution in [0.1, 0.15) is 0 Å². The van der Waals surface area contributed by atoms with E-state index in [2.05, 4.69) is 0 Å². The first-order valence-corrected chi connectivity index (χ1v) is 3.35. The fourth-order valence-electron chi connectivity index (χ4n) is 0.236. The van der Waals surface area contributed by atoms with Crippen LogP contribution in [0.4, 0.5) is 8.78 Å². The van der Waals surface area contributed by atoms with E-state index in [4.69, 9.17) is 10.2 Å². The zero-order valence-corrected chi connectivity index (χ0v) is 5.70. The molecule has 0 aromatic rings. The molecule has 0 unspecified atom stereocenters.